The van der Waals surface area contributed by atoms with Gasteiger partial charge in [-0.15, -0.1) is 11.8 Å². The first-order valence-corrected chi connectivity index (χ1v) is 5.30. The predicted octanol–water partition coefficient (Wildman–Crippen LogP) is 1.92. The number of thioether (sulfide) groups is 1. The fraction of sp³-hybridized carbons (Fsp3) is 0.400. The first-order chi connectivity index (χ1) is 6.18. The van der Waals surface area contributed by atoms with Crippen LogP contribution < -0.4 is 5.73 Å². The monoisotopic (exact) mass is 196 g/mol. The smallest absolute Gasteiger partial charge is 0.0314 e. The molecule has 0 saturated heterocycles. The zero-order valence-electron chi connectivity index (χ0n) is 8.16. The van der Waals surface area contributed by atoms with E-state index in [-0.39, 0.29) is 0 Å². The third kappa shape index (κ3) is 4.20. The standard InChI is InChI=1S/C10H16N2S/c1-12(2)7-8-13-10-5-3-9(11)4-6-10/h3-6H,7-8,11H2,1-2H3. The van der Waals surface area contributed by atoms with Crippen molar-refractivity contribution in [2.45, 2.75) is 4.90 Å². The number of anilines is 1. The summed E-state index contributed by atoms with van der Waals surface area (Å²) in [4.78, 5) is 3.47. The molecule has 1 rings (SSSR count). The number of hydrogen-bond acceptors (Lipinski definition) is 3. The molecule has 0 fully saturated rings. The predicted molar refractivity (Wildman–Crippen MR) is 60.1 cm³/mol. The topological polar surface area (TPSA) is 29.3 Å². The van der Waals surface area contributed by atoms with Crippen LogP contribution in [-0.2, 0) is 0 Å². The summed E-state index contributed by atoms with van der Waals surface area (Å²) in [5.41, 5.74) is 6.42. The van der Waals surface area contributed by atoms with E-state index in [1.54, 1.807) is 0 Å². The molecule has 0 atom stereocenters. The van der Waals surface area contributed by atoms with Gasteiger partial charge < -0.3 is 10.6 Å². The molecule has 0 aliphatic carbocycles. The van der Waals surface area contributed by atoms with Gasteiger partial charge in [0.15, 0.2) is 0 Å². The summed E-state index contributed by atoms with van der Waals surface area (Å²) in [6.45, 7) is 1.11. The lowest BCUT2D eigenvalue weighted by Crippen LogP contribution is -2.14. The van der Waals surface area contributed by atoms with Gasteiger partial charge in [0.25, 0.3) is 0 Å². The average molecular weight is 196 g/mol. The van der Waals surface area contributed by atoms with Crippen molar-refractivity contribution in [3.63, 3.8) is 0 Å². The zero-order valence-corrected chi connectivity index (χ0v) is 8.97. The molecule has 72 valence electrons. The molecule has 0 heterocycles. The van der Waals surface area contributed by atoms with Crippen molar-refractivity contribution in [3.05, 3.63) is 24.3 Å². The molecule has 0 amide bonds. The molecule has 13 heavy (non-hydrogen) atoms. The molecule has 3 heteroatoms. The second kappa shape index (κ2) is 5.14. The van der Waals surface area contributed by atoms with Crippen molar-refractivity contribution < 1.29 is 0 Å². The van der Waals surface area contributed by atoms with Crippen molar-refractivity contribution in [1.29, 1.82) is 0 Å². The zero-order chi connectivity index (χ0) is 9.68. The summed E-state index contributed by atoms with van der Waals surface area (Å²) >= 11 is 1.86. The molecule has 1 aromatic rings. The Bertz CT molecular complexity index is 244. The first-order valence-electron chi connectivity index (χ1n) is 4.31. The van der Waals surface area contributed by atoms with Gasteiger partial charge in [0.05, 0.1) is 0 Å². The summed E-state index contributed by atoms with van der Waals surface area (Å²) in [7, 11) is 4.17. The third-order valence-electron chi connectivity index (χ3n) is 1.69. The summed E-state index contributed by atoms with van der Waals surface area (Å²) < 4.78 is 0. The Balaban J connectivity index is 2.33. The number of hydrogen-bond donors (Lipinski definition) is 1. The van der Waals surface area contributed by atoms with E-state index in [9.17, 15) is 0 Å². The van der Waals surface area contributed by atoms with E-state index in [0.717, 1.165) is 18.0 Å². The second-order valence-electron chi connectivity index (χ2n) is 3.22. The normalized spacial score (nSPS) is 10.7. The molecule has 0 unspecified atom stereocenters. The van der Waals surface area contributed by atoms with E-state index in [2.05, 4.69) is 31.1 Å². The van der Waals surface area contributed by atoms with Crippen LogP contribution >= 0.6 is 11.8 Å². The molecule has 0 aliphatic rings. The molecule has 0 aliphatic heterocycles. The van der Waals surface area contributed by atoms with E-state index >= 15 is 0 Å². The maximum absolute atomic E-state index is 5.59. The van der Waals surface area contributed by atoms with Crippen LogP contribution in [-0.4, -0.2) is 31.3 Å². The Hall–Kier alpha value is -0.670. The van der Waals surface area contributed by atoms with Crippen LogP contribution in [0.4, 0.5) is 5.69 Å². The minimum atomic E-state index is 0.831. The Morgan fingerprint density at radius 2 is 1.85 bits per heavy atom. The molecule has 1 aromatic carbocycles. The minimum Gasteiger partial charge on any atom is -0.399 e. The highest BCUT2D eigenvalue weighted by Gasteiger charge is 1.94. The van der Waals surface area contributed by atoms with Crippen molar-refractivity contribution in [3.8, 4) is 0 Å². The van der Waals surface area contributed by atoms with E-state index in [1.807, 2.05) is 23.9 Å². The molecule has 0 spiro atoms. The fourth-order valence-corrected chi connectivity index (χ4v) is 1.93. The Morgan fingerprint density at radius 3 is 2.38 bits per heavy atom. The highest BCUT2D eigenvalue weighted by atomic mass is 32.2. The second-order valence-corrected chi connectivity index (χ2v) is 4.39. The largest absolute Gasteiger partial charge is 0.399 e. The lowest BCUT2D eigenvalue weighted by atomic mass is 10.3. The van der Waals surface area contributed by atoms with Crippen LogP contribution in [0.25, 0.3) is 0 Å². The fourth-order valence-electron chi connectivity index (χ4n) is 0.910. The summed E-state index contributed by atoms with van der Waals surface area (Å²) in [5.74, 6) is 1.12. The molecule has 0 aromatic heterocycles. The van der Waals surface area contributed by atoms with Crippen LogP contribution in [0.5, 0.6) is 0 Å². The van der Waals surface area contributed by atoms with Crippen LogP contribution in [0.15, 0.2) is 29.2 Å². The van der Waals surface area contributed by atoms with Gasteiger partial charge in [0.1, 0.15) is 0 Å². The van der Waals surface area contributed by atoms with E-state index in [0.29, 0.717) is 0 Å². The highest BCUT2D eigenvalue weighted by Crippen LogP contribution is 2.18. The van der Waals surface area contributed by atoms with Gasteiger partial charge in [-0.05, 0) is 38.4 Å². The van der Waals surface area contributed by atoms with Gasteiger partial charge in [-0.25, -0.2) is 0 Å². The van der Waals surface area contributed by atoms with E-state index in [4.69, 9.17) is 5.73 Å². The van der Waals surface area contributed by atoms with Gasteiger partial charge in [-0.2, -0.15) is 0 Å². The van der Waals surface area contributed by atoms with Gasteiger partial charge in [-0.1, -0.05) is 0 Å². The van der Waals surface area contributed by atoms with Gasteiger partial charge in [0.2, 0.25) is 0 Å². The molecule has 2 N–H and O–H groups in total. The third-order valence-corrected chi connectivity index (χ3v) is 2.68. The highest BCUT2D eigenvalue weighted by molar-refractivity contribution is 7.99. The Kier molecular flexibility index (Phi) is 4.12. The Labute approximate surface area is 84.1 Å². The lowest BCUT2D eigenvalue weighted by molar-refractivity contribution is 0.437. The summed E-state index contributed by atoms with van der Waals surface area (Å²) in [6.07, 6.45) is 0. The first kappa shape index (κ1) is 10.4. The van der Waals surface area contributed by atoms with Gasteiger partial charge >= 0.3 is 0 Å². The van der Waals surface area contributed by atoms with Crippen molar-refractivity contribution in [2.75, 3.05) is 32.1 Å². The van der Waals surface area contributed by atoms with Crippen molar-refractivity contribution >= 4 is 17.4 Å². The maximum atomic E-state index is 5.59. The molecular formula is C10H16N2S. The van der Waals surface area contributed by atoms with E-state index < -0.39 is 0 Å². The molecule has 2 nitrogen and oxygen atoms in total. The van der Waals surface area contributed by atoms with Crippen molar-refractivity contribution in [2.24, 2.45) is 0 Å². The number of nitrogens with zero attached hydrogens (tertiary/aromatic N) is 1. The SMILES string of the molecule is CN(C)CCSc1ccc(N)cc1. The molecule has 0 bridgehead atoms. The number of benzene rings is 1. The van der Waals surface area contributed by atoms with Crippen LogP contribution in [0, 0.1) is 0 Å². The van der Waals surface area contributed by atoms with Gasteiger partial charge in [-0.3, -0.25) is 0 Å². The van der Waals surface area contributed by atoms with Gasteiger partial charge in [0, 0.05) is 22.9 Å². The number of nitrogen functional groups attached to an aromatic ring is 1. The Morgan fingerprint density at radius 1 is 1.23 bits per heavy atom. The quantitative estimate of drug-likeness (QED) is 0.589. The van der Waals surface area contributed by atoms with Crippen LogP contribution in [0.1, 0.15) is 0 Å². The van der Waals surface area contributed by atoms with E-state index in [1.165, 1.54) is 4.90 Å². The molecular weight excluding hydrogens is 180 g/mol. The van der Waals surface area contributed by atoms with Crippen LogP contribution in [0.2, 0.25) is 0 Å². The lowest BCUT2D eigenvalue weighted by Gasteiger charge is -2.08. The average Bonchev–Trinajstić information content (AvgIpc) is 2.08. The summed E-state index contributed by atoms with van der Waals surface area (Å²) in [5, 5.41) is 0. The molecule has 0 radical (unpaired) electrons. The van der Waals surface area contributed by atoms with Crippen LogP contribution in [0.3, 0.4) is 0 Å². The maximum Gasteiger partial charge on any atom is 0.0314 e. The summed E-state index contributed by atoms with van der Waals surface area (Å²) in [6, 6.07) is 8.02. The minimum absolute atomic E-state index is 0.831. The number of rotatable bonds is 4. The molecule has 0 saturated carbocycles. The number of nitrogens with two attached hydrogens (primary N) is 1. The van der Waals surface area contributed by atoms with Crippen molar-refractivity contribution in [1.82, 2.24) is 4.90 Å².